The van der Waals surface area contributed by atoms with E-state index in [-0.39, 0.29) is 30.1 Å². The van der Waals surface area contributed by atoms with Gasteiger partial charge in [0.05, 0.1) is 6.42 Å². The van der Waals surface area contributed by atoms with Gasteiger partial charge in [0.15, 0.2) is 0 Å². The van der Waals surface area contributed by atoms with E-state index in [0.717, 1.165) is 41.7 Å². The summed E-state index contributed by atoms with van der Waals surface area (Å²) in [7, 11) is 0. The molecule has 0 saturated heterocycles. The molecule has 1 N–H and O–H groups in total. The van der Waals surface area contributed by atoms with Crippen LogP contribution in [0.5, 0.6) is 0 Å². The lowest BCUT2D eigenvalue weighted by Gasteiger charge is -2.34. The van der Waals surface area contributed by atoms with Crippen LogP contribution < -0.4 is 10.2 Å². The van der Waals surface area contributed by atoms with Gasteiger partial charge in [-0.2, -0.15) is 0 Å². The monoisotopic (exact) mass is 464 g/mol. The second-order valence-electron chi connectivity index (χ2n) is 8.60. The first-order valence-electron chi connectivity index (χ1n) is 11.5. The first kappa shape index (κ1) is 23.2. The predicted molar refractivity (Wildman–Crippen MR) is 131 cm³/mol. The molecule has 4 rings (SSSR count). The van der Waals surface area contributed by atoms with Gasteiger partial charge in [-0.05, 0) is 66.6 Å². The third-order valence-corrected chi connectivity index (χ3v) is 7.10. The van der Waals surface area contributed by atoms with Gasteiger partial charge in [0.1, 0.15) is 11.9 Å². The van der Waals surface area contributed by atoms with Gasteiger partial charge in [0, 0.05) is 16.6 Å². The number of anilines is 1. The fourth-order valence-corrected chi connectivity index (χ4v) is 5.20. The Morgan fingerprint density at radius 2 is 1.76 bits per heavy atom. The molecule has 4 nitrogen and oxygen atoms in total. The topological polar surface area (TPSA) is 49.4 Å². The van der Waals surface area contributed by atoms with Crippen molar-refractivity contribution < 1.29 is 14.0 Å². The first-order chi connectivity index (χ1) is 16.0. The molecule has 2 aromatic carbocycles. The Labute approximate surface area is 198 Å². The van der Waals surface area contributed by atoms with Crippen LogP contribution in [0.4, 0.5) is 10.1 Å². The van der Waals surface area contributed by atoms with E-state index in [0.29, 0.717) is 5.69 Å². The fourth-order valence-electron chi connectivity index (χ4n) is 4.50. The van der Waals surface area contributed by atoms with Gasteiger partial charge in [-0.15, -0.1) is 11.3 Å². The molecule has 1 heterocycles. The molecule has 172 valence electrons. The number of carbonyl (C=O) groups is 2. The average molecular weight is 465 g/mol. The van der Waals surface area contributed by atoms with Crippen LogP contribution in [-0.4, -0.2) is 17.9 Å². The van der Waals surface area contributed by atoms with Gasteiger partial charge in [-0.1, -0.05) is 49.6 Å². The molecular formula is C27H29FN2O2S. The van der Waals surface area contributed by atoms with Crippen LogP contribution in [0.1, 0.15) is 54.1 Å². The van der Waals surface area contributed by atoms with Crippen molar-refractivity contribution in [1.29, 1.82) is 0 Å². The summed E-state index contributed by atoms with van der Waals surface area (Å²) in [6.45, 7) is 1.95. The summed E-state index contributed by atoms with van der Waals surface area (Å²) in [5, 5.41) is 5.15. The Morgan fingerprint density at radius 1 is 1.03 bits per heavy atom. The SMILES string of the molecule is Cc1ccccc1C(C(=O)NC1CCCCC1)N(C(=O)Cc1cccs1)c1ccc(F)cc1. The van der Waals surface area contributed by atoms with Crippen molar-refractivity contribution in [1.82, 2.24) is 5.32 Å². The second kappa shape index (κ2) is 10.8. The molecule has 1 aliphatic carbocycles. The lowest BCUT2D eigenvalue weighted by molar-refractivity contribution is -0.127. The Morgan fingerprint density at radius 3 is 2.42 bits per heavy atom. The number of hydrogen-bond acceptors (Lipinski definition) is 3. The molecule has 2 amide bonds. The molecule has 1 unspecified atom stereocenters. The lowest BCUT2D eigenvalue weighted by Crippen LogP contribution is -2.48. The number of benzene rings is 2. The maximum absolute atomic E-state index is 13.8. The van der Waals surface area contributed by atoms with E-state index >= 15 is 0 Å². The number of amides is 2. The Kier molecular flexibility index (Phi) is 7.55. The number of thiophene rings is 1. The molecule has 1 fully saturated rings. The minimum atomic E-state index is -0.842. The van der Waals surface area contributed by atoms with Gasteiger partial charge < -0.3 is 5.32 Å². The number of halogens is 1. The molecular weight excluding hydrogens is 435 g/mol. The van der Waals surface area contributed by atoms with E-state index in [1.807, 2.05) is 48.7 Å². The van der Waals surface area contributed by atoms with Crippen molar-refractivity contribution >= 4 is 28.8 Å². The summed E-state index contributed by atoms with van der Waals surface area (Å²) in [6, 6.07) is 16.5. The van der Waals surface area contributed by atoms with Crippen molar-refractivity contribution in [3.63, 3.8) is 0 Å². The molecule has 0 bridgehead atoms. The van der Waals surface area contributed by atoms with Crippen molar-refractivity contribution in [2.45, 2.75) is 57.5 Å². The summed E-state index contributed by atoms with van der Waals surface area (Å²) in [5.74, 6) is -0.778. The van der Waals surface area contributed by atoms with Gasteiger partial charge in [0.2, 0.25) is 11.8 Å². The summed E-state index contributed by atoms with van der Waals surface area (Å²) in [5.41, 5.74) is 2.21. The van der Waals surface area contributed by atoms with E-state index in [1.54, 1.807) is 17.0 Å². The fraction of sp³-hybridized carbons (Fsp3) is 0.333. The largest absolute Gasteiger partial charge is 0.351 e. The normalized spacial score (nSPS) is 15.1. The minimum absolute atomic E-state index is 0.111. The minimum Gasteiger partial charge on any atom is -0.351 e. The number of carbonyl (C=O) groups excluding carboxylic acids is 2. The molecule has 0 aliphatic heterocycles. The van der Waals surface area contributed by atoms with Crippen LogP contribution in [0.25, 0.3) is 0 Å². The van der Waals surface area contributed by atoms with E-state index in [9.17, 15) is 14.0 Å². The van der Waals surface area contributed by atoms with Gasteiger partial charge in [-0.3, -0.25) is 14.5 Å². The number of nitrogens with zero attached hydrogens (tertiary/aromatic N) is 1. The van der Waals surface area contributed by atoms with Crippen molar-refractivity contribution in [3.05, 3.63) is 87.9 Å². The van der Waals surface area contributed by atoms with Crippen LogP contribution in [-0.2, 0) is 16.0 Å². The number of aryl methyl sites for hydroxylation is 1. The van der Waals surface area contributed by atoms with E-state index in [1.165, 1.54) is 29.9 Å². The van der Waals surface area contributed by atoms with E-state index < -0.39 is 6.04 Å². The highest BCUT2D eigenvalue weighted by Crippen LogP contribution is 2.32. The summed E-state index contributed by atoms with van der Waals surface area (Å²) >= 11 is 1.51. The zero-order valence-electron chi connectivity index (χ0n) is 18.8. The first-order valence-corrected chi connectivity index (χ1v) is 12.4. The maximum Gasteiger partial charge on any atom is 0.248 e. The smallest absolute Gasteiger partial charge is 0.248 e. The highest BCUT2D eigenvalue weighted by atomic mass is 32.1. The lowest BCUT2D eigenvalue weighted by atomic mass is 9.93. The van der Waals surface area contributed by atoms with Crippen LogP contribution >= 0.6 is 11.3 Å². The highest BCUT2D eigenvalue weighted by Gasteiger charge is 2.35. The van der Waals surface area contributed by atoms with Gasteiger partial charge in [0.25, 0.3) is 0 Å². The molecule has 1 aromatic heterocycles. The number of hydrogen-bond donors (Lipinski definition) is 1. The standard InChI is InChI=1S/C27H29FN2O2S/c1-19-8-5-6-12-24(19)26(27(32)29-21-9-3-2-4-10-21)30(22-15-13-20(28)14-16-22)25(31)18-23-11-7-17-33-23/h5-8,11-17,21,26H,2-4,9-10,18H2,1H3,(H,29,32). The van der Waals surface area contributed by atoms with E-state index in [2.05, 4.69) is 5.32 Å². The molecule has 1 atom stereocenters. The van der Waals surface area contributed by atoms with Crippen molar-refractivity contribution in [2.24, 2.45) is 0 Å². The zero-order valence-corrected chi connectivity index (χ0v) is 19.6. The van der Waals surface area contributed by atoms with E-state index in [4.69, 9.17) is 0 Å². The highest BCUT2D eigenvalue weighted by molar-refractivity contribution is 7.10. The Balaban J connectivity index is 1.75. The van der Waals surface area contributed by atoms with Gasteiger partial charge in [-0.25, -0.2) is 4.39 Å². The molecule has 1 saturated carbocycles. The number of nitrogens with one attached hydrogen (secondary N) is 1. The molecule has 6 heteroatoms. The molecule has 0 spiro atoms. The quantitative estimate of drug-likeness (QED) is 0.469. The predicted octanol–water partition coefficient (Wildman–Crippen LogP) is 5.96. The molecule has 0 radical (unpaired) electrons. The zero-order chi connectivity index (χ0) is 23.2. The average Bonchev–Trinajstić information content (AvgIpc) is 3.32. The van der Waals surface area contributed by atoms with Crippen molar-refractivity contribution in [2.75, 3.05) is 4.90 Å². The molecule has 33 heavy (non-hydrogen) atoms. The van der Waals surface area contributed by atoms with Crippen LogP contribution in [0.3, 0.4) is 0 Å². The van der Waals surface area contributed by atoms with Gasteiger partial charge >= 0.3 is 0 Å². The summed E-state index contributed by atoms with van der Waals surface area (Å²) in [4.78, 5) is 29.9. The second-order valence-corrected chi connectivity index (χ2v) is 9.63. The Hall–Kier alpha value is -2.99. The summed E-state index contributed by atoms with van der Waals surface area (Å²) in [6.07, 6.45) is 5.46. The molecule has 1 aliphatic rings. The maximum atomic E-state index is 13.8. The third-order valence-electron chi connectivity index (χ3n) is 6.22. The van der Waals surface area contributed by atoms with Crippen molar-refractivity contribution in [3.8, 4) is 0 Å². The van der Waals surface area contributed by atoms with Crippen LogP contribution in [0.2, 0.25) is 0 Å². The van der Waals surface area contributed by atoms with Crippen LogP contribution in [0, 0.1) is 12.7 Å². The molecule has 3 aromatic rings. The third kappa shape index (κ3) is 5.69. The Bertz CT molecular complexity index is 1080. The number of rotatable bonds is 7. The summed E-state index contributed by atoms with van der Waals surface area (Å²) < 4.78 is 13.7. The van der Waals surface area contributed by atoms with Crippen LogP contribution in [0.15, 0.2) is 66.0 Å².